The van der Waals surface area contributed by atoms with E-state index in [-0.39, 0.29) is 5.91 Å². The maximum absolute atomic E-state index is 12.4. The molecule has 28 heavy (non-hydrogen) atoms. The molecule has 0 aromatic carbocycles. The van der Waals surface area contributed by atoms with Crippen LogP contribution < -0.4 is 9.80 Å². The van der Waals surface area contributed by atoms with E-state index in [4.69, 9.17) is 14.7 Å². The molecule has 3 aliphatic heterocycles. The third-order valence-electron chi connectivity index (χ3n) is 5.92. The van der Waals surface area contributed by atoms with Crippen LogP contribution in [-0.4, -0.2) is 97.8 Å². The lowest BCUT2D eigenvalue weighted by molar-refractivity contribution is -0.131. The van der Waals surface area contributed by atoms with E-state index in [1.54, 1.807) is 0 Å². The number of likely N-dealkylation sites (tertiary alicyclic amines) is 1. The van der Waals surface area contributed by atoms with Crippen molar-refractivity contribution in [2.75, 3.05) is 81.9 Å². The zero-order valence-corrected chi connectivity index (χ0v) is 17.0. The van der Waals surface area contributed by atoms with Crippen LogP contribution in [0.2, 0.25) is 0 Å². The number of nitrogens with zero attached hydrogens (tertiary/aromatic N) is 6. The van der Waals surface area contributed by atoms with Crippen molar-refractivity contribution < 1.29 is 9.53 Å². The highest BCUT2D eigenvalue weighted by atomic mass is 16.5. The molecule has 0 radical (unpaired) electrons. The highest BCUT2D eigenvalue weighted by molar-refractivity contribution is 5.78. The van der Waals surface area contributed by atoms with E-state index in [1.165, 1.54) is 0 Å². The van der Waals surface area contributed by atoms with Crippen LogP contribution in [0.4, 0.5) is 11.8 Å². The fraction of sp³-hybridized carbons (Fsp3) is 0.750. The zero-order valence-electron chi connectivity index (χ0n) is 17.0. The standard InChI is InChI=1S/C20H32N6O2/c1-2-17-15-18(22-20(21-17)26-11-13-28-14-12-26)24-9-7-23(8-10-24)16-19(27)25-5-3-4-6-25/h15H,2-14,16H2,1H3. The molecule has 0 unspecified atom stereocenters. The summed E-state index contributed by atoms with van der Waals surface area (Å²) in [7, 11) is 0. The van der Waals surface area contributed by atoms with Crippen LogP contribution in [0.25, 0.3) is 0 Å². The Morgan fingerprint density at radius 2 is 1.68 bits per heavy atom. The monoisotopic (exact) mass is 388 g/mol. The Kier molecular flexibility index (Phi) is 6.26. The van der Waals surface area contributed by atoms with Crippen molar-refractivity contribution in [1.29, 1.82) is 0 Å². The fourth-order valence-electron chi connectivity index (χ4n) is 4.11. The average molecular weight is 389 g/mol. The Morgan fingerprint density at radius 1 is 0.964 bits per heavy atom. The predicted octanol–water partition coefficient (Wildman–Crippen LogP) is 0.620. The summed E-state index contributed by atoms with van der Waals surface area (Å²) in [6.45, 7) is 11.3. The third kappa shape index (κ3) is 4.55. The molecular weight excluding hydrogens is 356 g/mol. The Bertz CT molecular complexity index is 665. The van der Waals surface area contributed by atoms with E-state index in [0.29, 0.717) is 6.54 Å². The molecule has 3 fully saturated rings. The number of carbonyl (C=O) groups excluding carboxylic acids is 1. The number of hydrogen-bond acceptors (Lipinski definition) is 7. The summed E-state index contributed by atoms with van der Waals surface area (Å²) in [5.74, 6) is 2.12. The zero-order chi connectivity index (χ0) is 19.3. The van der Waals surface area contributed by atoms with E-state index in [0.717, 1.165) is 102 Å². The number of morpholine rings is 1. The Labute approximate surface area is 167 Å². The van der Waals surface area contributed by atoms with Gasteiger partial charge in [0.1, 0.15) is 5.82 Å². The van der Waals surface area contributed by atoms with Crippen molar-refractivity contribution in [3.8, 4) is 0 Å². The second kappa shape index (κ2) is 9.05. The third-order valence-corrected chi connectivity index (χ3v) is 5.92. The van der Waals surface area contributed by atoms with Gasteiger partial charge in [0.05, 0.1) is 19.8 Å². The van der Waals surface area contributed by atoms with Crippen LogP contribution in [0.15, 0.2) is 6.07 Å². The van der Waals surface area contributed by atoms with Crippen molar-refractivity contribution in [2.45, 2.75) is 26.2 Å². The van der Waals surface area contributed by atoms with E-state index < -0.39 is 0 Å². The largest absolute Gasteiger partial charge is 0.378 e. The minimum Gasteiger partial charge on any atom is -0.378 e. The Morgan fingerprint density at radius 3 is 2.36 bits per heavy atom. The van der Waals surface area contributed by atoms with Gasteiger partial charge in [0, 0.05) is 64.1 Å². The molecular formula is C20H32N6O2. The topological polar surface area (TPSA) is 65.0 Å². The van der Waals surface area contributed by atoms with E-state index in [9.17, 15) is 4.79 Å². The summed E-state index contributed by atoms with van der Waals surface area (Å²) in [4.78, 5) is 30.9. The molecule has 4 heterocycles. The first kappa shape index (κ1) is 19.4. The van der Waals surface area contributed by atoms with Crippen LogP contribution in [0, 0.1) is 0 Å². The quantitative estimate of drug-likeness (QED) is 0.733. The SMILES string of the molecule is CCc1cc(N2CCN(CC(=O)N3CCCC3)CC2)nc(N2CCOCC2)n1. The average Bonchev–Trinajstić information content (AvgIpc) is 3.30. The van der Waals surface area contributed by atoms with Crippen LogP contribution >= 0.6 is 0 Å². The lowest BCUT2D eigenvalue weighted by Gasteiger charge is -2.36. The van der Waals surface area contributed by atoms with E-state index >= 15 is 0 Å². The first-order valence-electron chi connectivity index (χ1n) is 10.7. The summed E-state index contributed by atoms with van der Waals surface area (Å²) < 4.78 is 5.46. The molecule has 0 atom stereocenters. The van der Waals surface area contributed by atoms with Crippen molar-refractivity contribution >= 4 is 17.7 Å². The first-order chi connectivity index (χ1) is 13.7. The van der Waals surface area contributed by atoms with E-state index in [1.807, 2.05) is 4.90 Å². The molecule has 8 heteroatoms. The number of piperazine rings is 1. The molecule has 1 aromatic heterocycles. The molecule has 1 amide bonds. The molecule has 8 nitrogen and oxygen atoms in total. The number of anilines is 2. The van der Waals surface area contributed by atoms with Crippen LogP contribution in [0.1, 0.15) is 25.5 Å². The minimum atomic E-state index is 0.288. The highest BCUT2D eigenvalue weighted by Gasteiger charge is 2.25. The molecule has 0 aliphatic carbocycles. The number of hydrogen-bond donors (Lipinski definition) is 0. The molecule has 0 bridgehead atoms. The lowest BCUT2D eigenvalue weighted by Crippen LogP contribution is -2.50. The van der Waals surface area contributed by atoms with Crippen molar-refractivity contribution in [1.82, 2.24) is 19.8 Å². The number of amides is 1. The summed E-state index contributed by atoms with van der Waals surface area (Å²) in [6, 6.07) is 2.12. The van der Waals surface area contributed by atoms with Gasteiger partial charge in [0.25, 0.3) is 0 Å². The number of rotatable bonds is 5. The summed E-state index contributed by atoms with van der Waals surface area (Å²) in [5, 5.41) is 0. The van der Waals surface area contributed by atoms with Gasteiger partial charge in [-0.1, -0.05) is 6.92 Å². The van der Waals surface area contributed by atoms with Crippen molar-refractivity contribution in [3.63, 3.8) is 0 Å². The van der Waals surface area contributed by atoms with Gasteiger partial charge in [-0.15, -0.1) is 0 Å². The van der Waals surface area contributed by atoms with Crippen LogP contribution in [-0.2, 0) is 16.0 Å². The summed E-state index contributed by atoms with van der Waals surface area (Å²) in [6.07, 6.45) is 3.20. The molecule has 3 saturated heterocycles. The number of aromatic nitrogens is 2. The van der Waals surface area contributed by atoms with Crippen molar-refractivity contribution in [2.24, 2.45) is 0 Å². The number of aryl methyl sites for hydroxylation is 1. The van der Waals surface area contributed by atoms with Gasteiger partial charge in [-0.3, -0.25) is 9.69 Å². The van der Waals surface area contributed by atoms with Gasteiger partial charge >= 0.3 is 0 Å². The van der Waals surface area contributed by atoms with Gasteiger partial charge in [-0.2, -0.15) is 4.98 Å². The number of carbonyl (C=O) groups is 1. The first-order valence-corrected chi connectivity index (χ1v) is 10.7. The number of ether oxygens (including phenoxy) is 1. The van der Waals surface area contributed by atoms with Gasteiger partial charge < -0.3 is 19.4 Å². The smallest absolute Gasteiger partial charge is 0.236 e. The van der Waals surface area contributed by atoms with Gasteiger partial charge in [0.2, 0.25) is 11.9 Å². The maximum atomic E-state index is 12.4. The van der Waals surface area contributed by atoms with Gasteiger partial charge in [-0.25, -0.2) is 4.98 Å². The molecule has 4 rings (SSSR count). The second-order valence-electron chi connectivity index (χ2n) is 7.82. The predicted molar refractivity (Wildman–Crippen MR) is 109 cm³/mol. The summed E-state index contributed by atoms with van der Waals surface area (Å²) in [5.41, 5.74) is 1.08. The fourth-order valence-corrected chi connectivity index (χ4v) is 4.11. The molecule has 154 valence electrons. The van der Waals surface area contributed by atoms with Crippen molar-refractivity contribution in [3.05, 3.63) is 11.8 Å². The normalized spacial score (nSPS) is 21.4. The molecule has 0 N–H and O–H groups in total. The van der Waals surface area contributed by atoms with Gasteiger partial charge in [-0.05, 0) is 19.3 Å². The Hall–Kier alpha value is -1.93. The van der Waals surface area contributed by atoms with Crippen LogP contribution in [0.3, 0.4) is 0 Å². The second-order valence-corrected chi connectivity index (χ2v) is 7.82. The molecule has 3 aliphatic rings. The molecule has 0 saturated carbocycles. The minimum absolute atomic E-state index is 0.288. The van der Waals surface area contributed by atoms with E-state index in [2.05, 4.69) is 27.7 Å². The lowest BCUT2D eigenvalue weighted by atomic mass is 10.2. The summed E-state index contributed by atoms with van der Waals surface area (Å²) >= 11 is 0. The maximum Gasteiger partial charge on any atom is 0.236 e. The molecule has 0 spiro atoms. The van der Waals surface area contributed by atoms with Gasteiger partial charge in [0.15, 0.2) is 0 Å². The Balaban J connectivity index is 1.37. The highest BCUT2D eigenvalue weighted by Crippen LogP contribution is 2.20. The molecule has 1 aromatic rings. The van der Waals surface area contributed by atoms with Crippen LogP contribution in [0.5, 0.6) is 0 Å².